The van der Waals surface area contributed by atoms with Gasteiger partial charge in [-0.3, -0.25) is 4.79 Å². The second kappa shape index (κ2) is 8.01. The van der Waals surface area contributed by atoms with E-state index in [-0.39, 0.29) is 30.3 Å². The molecule has 2 fully saturated rings. The maximum atomic E-state index is 12.8. The molecule has 1 heterocycles. The topological polar surface area (TPSA) is 76.1 Å². The lowest BCUT2D eigenvalue weighted by atomic mass is 9.79. The molecule has 0 radical (unpaired) electrons. The number of likely N-dealkylation sites (tertiary alicyclic amines) is 1. The zero-order valence-corrected chi connectivity index (χ0v) is 15.0. The Balaban J connectivity index is 1.70. The zero-order valence-electron chi connectivity index (χ0n) is 15.0. The van der Waals surface area contributed by atoms with Gasteiger partial charge in [0.15, 0.2) is 0 Å². The Morgan fingerprint density at radius 1 is 1.31 bits per heavy atom. The minimum Gasteiger partial charge on any atom is -0.480 e. The van der Waals surface area contributed by atoms with Crippen LogP contribution in [0.5, 0.6) is 0 Å². The molecule has 0 spiro atoms. The Morgan fingerprint density at radius 2 is 2.08 bits per heavy atom. The highest BCUT2D eigenvalue weighted by Crippen LogP contribution is 2.43. The van der Waals surface area contributed by atoms with Crippen LogP contribution in [0.1, 0.15) is 31.2 Å². The van der Waals surface area contributed by atoms with Crippen molar-refractivity contribution in [1.82, 2.24) is 4.90 Å². The molecule has 6 nitrogen and oxygen atoms in total. The number of carboxylic acid groups (broad SMARTS) is 1. The average Bonchev–Trinajstić information content (AvgIpc) is 3.04. The summed E-state index contributed by atoms with van der Waals surface area (Å²) in [6.45, 7) is 0.335. The van der Waals surface area contributed by atoms with E-state index in [4.69, 9.17) is 14.6 Å². The van der Waals surface area contributed by atoms with Gasteiger partial charge in [-0.2, -0.15) is 0 Å². The molecule has 1 saturated carbocycles. The molecule has 1 aromatic carbocycles. The first-order chi connectivity index (χ1) is 12.5. The van der Waals surface area contributed by atoms with Gasteiger partial charge in [-0.15, -0.1) is 0 Å². The third-order valence-electron chi connectivity index (χ3n) is 5.49. The summed E-state index contributed by atoms with van der Waals surface area (Å²) < 4.78 is 11.3. The Morgan fingerprint density at radius 3 is 2.77 bits per heavy atom. The molecule has 0 aromatic heterocycles. The highest BCUT2D eigenvalue weighted by Gasteiger charge is 2.52. The van der Waals surface area contributed by atoms with E-state index >= 15 is 0 Å². The molecule has 1 aromatic rings. The molecule has 6 heteroatoms. The number of benzene rings is 1. The number of hydrogen-bond acceptors (Lipinski definition) is 4. The number of rotatable bonds is 6. The molecule has 26 heavy (non-hydrogen) atoms. The van der Waals surface area contributed by atoms with Crippen molar-refractivity contribution < 1.29 is 24.2 Å². The van der Waals surface area contributed by atoms with E-state index in [0.29, 0.717) is 13.0 Å². The molecule has 1 amide bonds. The lowest BCUT2D eigenvalue weighted by Gasteiger charge is -2.43. The highest BCUT2D eigenvalue weighted by atomic mass is 16.5. The largest absolute Gasteiger partial charge is 0.480 e. The normalized spacial score (nSPS) is 28.3. The average molecular weight is 359 g/mol. The first-order valence-corrected chi connectivity index (χ1v) is 8.96. The maximum Gasteiger partial charge on any atom is 0.329 e. The van der Waals surface area contributed by atoms with Crippen LogP contribution >= 0.6 is 0 Å². The van der Waals surface area contributed by atoms with Gasteiger partial charge in [0.05, 0.1) is 17.7 Å². The fourth-order valence-electron chi connectivity index (χ4n) is 4.09. The molecule has 0 bridgehead atoms. The number of carboxylic acids is 1. The quantitative estimate of drug-likeness (QED) is 0.789. The first-order valence-electron chi connectivity index (χ1n) is 8.96. The van der Waals surface area contributed by atoms with Crippen LogP contribution in [0.2, 0.25) is 0 Å². The summed E-state index contributed by atoms with van der Waals surface area (Å²) in [4.78, 5) is 25.4. The van der Waals surface area contributed by atoms with E-state index in [1.807, 2.05) is 41.3 Å². The summed E-state index contributed by atoms with van der Waals surface area (Å²) in [6.07, 6.45) is 6.17. The smallest absolute Gasteiger partial charge is 0.329 e. The third kappa shape index (κ3) is 3.97. The van der Waals surface area contributed by atoms with E-state index in [1.165, 1.54) is 0 Å². The van der Waals surface area contributed by atoms with Crippen LogP contribution in [0.4, 0.5) is 0 Å². The van der Waals surface area contributed by atoms with Crippen LogP contribution in [-0.4, -0.2) is 59.9 Å². The third-order valence-corrected chi connectivity index (χ3v) is 5.49. The summed E-state index contributed by atoms with van der Waals surface area (Å²) in [5.41, 5.74) is 0.628. The van der Waals surface area contributed by atoms with Crippen molar-refractivity contribution in [2.24, 2.45) is 0 Å². The number of fused-ring (bicyclic) bond motifs is 1. The predicted octanol–water partition coefficient (Wildman–Crippen LogP) is 2.34. The van der Waals surface area contributed by atoms with Crippen molar-refractivity contribution in [3.05, 3.63) is 42.0 Å². The molecule has 1 aliphatic heterocycles. The number of amides is 1. The van der Waals surface area contributed by atoms with E-state index in [2.05, 4.69) is 0 Å². The number of carbonyl (C=O) groups is 2. The highest BCUT2D eigenvalue weighted by molar-refractivity contribution is 5.92. The fourth-order valence-corrected chi connectivity index (χ4v) is 4.09. The van der Waals surface area contributed by atoms with Gasteiger partial charge in [0.1, 0.15) is 6.61 Å². The summed E-state index contributed by atoms with van der Waals surface area (Å²) in [5, 5.41) is 8.82. The fraction of sp³-hybridized carbons (Fsp3) is 0.500. The van der Waals surface area contributed by atoms with Gasteiger partial charge in [-0.1, -0.05) is 30.3 Å². The molecule has 1 aliphatic carbocycles. The van der Waals surface area contributed by atoms with Crippen molar-refractivity contribution in [2.75, 3.05) is 20.3 Å². The summed E-state index contributed by atoms with van der Waals surface area (Å²) in [7, 11) is 1.69. The van der Waals surface area contributed by atoms with Crippen LogP contribution in [0, 0.1) is 0 Å². The van der Waals surface area contributed by atoms with Crippen LogP contribution in [0.15, 0.2) is 36.4 Å². The zero-order chi connectivity index (χ0) is 18.6. The number of nitrogens with zero attached hydrogens (tertiary/aromatic N) is 1. The van der Waals surface area contributed by atoms with Crippen molar-refractivity contribution in [3.63, 3.8) is 0 Å². The minimum absolute atomic E-state index is 0.0448. The summed E-state index contributed by atoms with van der Waals surface area (Å²) in [6, 6.07) is 9.61. The van der Waals surface area contributed by atoms with E-state index < -0.39 is 5.97 Å². The van der Waals surface area contributed by atoms with Gasteiger partial charge in [-0.05, 0) is 37.3 Å². The lowest BCUT2D eigenvalue weighted by molar-refractivity contribution is -0.150. The summed E-state index contributed by atoms with van der Waals surface area (Å²) >= 11 is 0. The molecule has 2 aliphatic rings. The molecular formula is C20H25NO5. The number of ether oxygens (including phenoxy) is 2. The van der Waals surface area contributed by atoms with E-state index in [9.17, 15) is 9.59 Å². The Labute approximate surface area is 153 Å². The van der Waals surface area contributed by atoms with Gasteiger partial charge in [0.2, 0.25) is 5.91 Å². The summed E-state index contributed by atoms with van der Waals surface area (Å²) in [5.74, 6) is -1.02. The monoisotopic (exact) mass is 359 g/mol. The minimum atomic E-state index is -0.973. The Kier molecular flexibility index (Phi) is 5.74. The number of hydrogen-bond donors (Lipinski definition) is 1. The van der Waals surface area contributed by atoms with Gasteiger partial charge >= 0.3 is 5.97 Å². The van der Waals surface area contributed by atoms with Crippen LogP contribution < -0.4 is 0 Å². The van der Waals surface area contributed by atoms with Crippen molar-refractivity contribution in [2.45, 2.75) is 43.4 Å². The molecule has 1 saturated heterocycles. The molecule has 3 rings (SSSR count). The number of aliphatic carboxylic acids is 1. The van der Waals surface area contributed by atoms with Crippen LogP contribution in [-0.2, 0) is 19.1 Å². The van der Waals surface area contributed by atoms with Crippen LogP contribution in [0.25, 0.3) is 6.08 Å². The van der Waals surface area contributed by atoms with Gasteiger partial charge in [0.25, 0.3) is 0 Å². The van der Waals surface area contributed by atoms with Crippen molar-refractivity contribution in [1.29, 1.82) is 0 Å². The number of carbonyl (C=O) groups excluding carboxylic acids is 1. The maximum absolute atomic E-state index is 12.8. The first kappa shape index (κ1) is 18.6. The lowest BCUT2D eigenvalue weighted by Crippen LogP contribution is -2.53. The molecule has 0 unspecified atom stereocenters. The molecule has 140 valence electrons. The molecule has 3 atom stereocenters. The van der Waals surface area contributed by atoms with Gasteiger partial charge in [-0.25, -0.2) is 4.79 Å². The van der Waals surface area contributed by atoms with E-state index in [1.54, 1.807) is 13.2 Å². The van der Waals surface area contributed by atoms with Crippen molar-refractivity contribution in [3.8, 4) is 0 Å². The molecular weight excluding hydrogens is 334 g/mol. The second-order valence-corrected chi connectivity index (χ2v) is 6.91. The van der Waals surface area contributed by atoms with E-state index in [0.717, 1.165) is 24.8 Å². The standard InChI is InChI=1S/C20H25NO5/c1-25-20-10-9-16(26-14-19(23)24)13-17(20)21(12-11-20)18(22)8-7-15-5-3-2-4-6-15/h2-8,16-17H,9-14H2,1H3,(H,23,24)/t16-,17+,20-/m1/s1. The Hall–Kier alpha value is -2.18. The Bertz CT molecular complexity index is 674. The number of methoxy groups -OCH3 is 1. The molecule has 1 N–H and O–H groups in total. The SMILES string of the molecule is CO[C@@]12CC[C@@H](OCC(=O)O)C[C@@H]1N(C(=O)C=Cc1ccccc1)CC2. The van der Waals surface area contributed by atoms with Gasteiger partial charge in [0, 0.05) is 19.7 Å². The predicted molar refractivity (Wildman–Crippen MR) is 96.6 cm³/mol. The van der Waals surface area contributed by atoms with Crippen molar-refractivity contribution >= 4 is 18.0 Å². The van der Waals surface area contributed by atoms with Gasteiger partial charge < -0.3 is 19.5 Å². The van der Waals surface area contributed by atoms with Crippen LogP contribution in [0.3, 0.4) is 0 Å². The second-order valence-electron chi connectivity index (χ2n) is 6.91.